The van der Waals surface area contributed by atoms with Gasteiger partial charge in [0.05, 0.1) is 6.04 Å². The molecule has 0 fully saturated rings. The van der Waals surface area contributed by atoms with Crippen LogP contribution >= 0.6 is 11.3 Å². The average Bonchev–Trinajstić information content (AvgIpc) is 2.75. The molecule has 2 aromatic rings. The van der Waals surface area contributed by atoms with Crippen LogP contribution < -0.4 is 11.5 Å². The minimum Gasteiger partial charge on any atom is -0.326 e. The van der Waals surface area contributed by atoms with Gasteiger partial charge in [-0.1, -0.05) is 24.3 Å². The summed E-state index contributed by atoms with van der Waals surface area (Å²) in [6.45, 7) is 2.67. The van der Waals surface area contributed by atoms with Crippen molar-refractivity contribution in [3.63, 3.8) is 0 Å². The highest BCUT2D eigenvalue weighted by molar-refractivity contribution is 7.10. The molecule has 16 heavy (non-hydrogen) atoms. The van der Waals surface area contributed by atoms with Gasteiger partial charge < -0.3 is 11.5 Å². The van der Waals surface area contributed by atoms with E-state index in [1.165, 1.54) is 10.4 Å². The van der Waals surface area contributed by atoms with Crippen LogP contribution in [0.1, 0.15) is 27.6 Å². The lowest BCUT2D eigenvalue weighted by Gasteiger charge is -2.12. The van der Waals surface area contributed by atoms with Gasteiger partial charge in [-0.2, -0.15) is 0 Å². The van der Waals surface area contributed by atoms with Crippen LogP contribution in [0, 0.1) is 6.92 Å². The number of aryl methyl sites for hydroxylation is 1. The molecule has 1 unspecified atom stereocenters. The van der Waals surface area contributed by atoms with Gasteiger partial charge >= 0.3 is 0 Å². The van der Waals surface area contributed by atoms with Gasteiger partial charge in [0.15, 0.2) is 0 Å². The molecule has 0 aliphatic carbocycles. The van der Waals surface area contributed by atoms with E-state index in [0.717, 1.165) is 11.1 Å². The zero-order valence-electron chi connectivity index (χ0n) is 9.31. The van der Waals surface area contributed by atoms with Gasteiger partial charge in [-0.15, -0.1) is 11.3 Å². The van der Waals surface area contributed by atoms with Crippen LogP contribution in [0.5, 0.6) is 0 Å². The molecule has 1 heterocycles. The Balaban J connectivity index is 2.27. The fourth-order valence-corrected chi connectivity index (χ4v) is 2.67. The van der Waals surface area contributed by atoms with Crippen molar-refractivity contribution in [2.24, 2.45) is 11.5 Å². The van der Waals surface area contributed by atoms with Crippen molar-refractivity contribution < 1.29 is 0 Å². The zero-order valence-corrected chi connectivity index (χ0v) is 10.1. The van der Waals surface area contributed by atoms with Crippen LogP contribution in [-0.4, -0.2) is 0 Å². The minimum atomic E-state index is -0.0215. The van der Waals surface area contributed by atoms with Gasteiger partial charge in [-0.25, -0.2) is 0 Å². The van der Waals surface area contributed by atoms with Gasteiger partial charge in [0.25, 0.3) is 0 Å². The second kappa shape index (κ2) is 4.78. The molecular formula is C13H16N2S. The van der Waals surface area contributed by atoms with Crippen molar-refractivity contribution >= 4 is 11.3 Å². The molecule has 4 N–H and O–H groups in total. The highest BCUT2D eigenvalue weighted by Crippen LogP contribution is 2.27. The van der Waals surface area contributed by atoms with E-state index in [4.69, 9.17) is 11.5 Å². The Bertz CT molecular complexity index is 459. The molecule has 0 saturated heterocycles. The Kier molecular flexibility index (Phi) is 3.39. The number of hydrogen-bond donors (Lipinski definition) is 2. The summed E-state index contributed by atoms with van der Waals surface area (Å²) in [4.78, 5) is 1.24. The van der Waals surface area contributed by atoms with Gasteiger partial charge in [0.1, 0.15) is 0 Å². The van der Waals surface area contributed by atoms with Crippen molar-refractivity contribution in [2.45, 2.75) is 19.5 Å². The first-order valence-corrected chi connectivity index (χ1v) is 6.19. The Morgan fingerprint density at radius 1 is 1.19 bits per heavy atom. The number of rotatable bonds is 3. The Morgan fingerprint density at radius 2 is 1.88 bits per heavy atom. The highest BCUT2D eigenvalue weighted by atomic mass is 32.1. The first-order valence-electron chi connectivity index (χ1n) is 5.31. The van der Waals surface area contributed by atoms with Gasteiger partial charge in [-0.3, -0.25) is 0 Å². The van der Waals surface area contributed by atoms with Gasteiger partial charge in [0, 0.05) is 11.4 Å². The minimum absolute atomic E-state index is 0.0215. The molecule has 0 spiro atoms. The van der Waals surface area contributed by atoms with Crippen molar-refractivity contribution in [2.75, 3.05) is 0 Å². The molecule has 0 saturated carbocycles. The summed E-state index contributed by atoms with van der Waals surface area (Å²) in [5, 5.41) is 2.08. The topological polar surface area (TPSA) is 52.0 Å². The first kappa shape index (κ1) is 11.3. The Labute approximate surface area is 99.9 Å². The molecule has 1 atom stereocenters. The molecule has 1 aromatic carbocycles. The Hall–Kier alpha value is -1.16. The molecule has 1 aromatic heterocycles. The normalized spacial score (nSPS) is 12.7. The Morgan fingerprint density at radius 3 is 2.38 bits per heavy atom. The fraction of sp³-hybridized carbons (Fsp3) is 0.231. The lowest BCUT2D eigenvalue weighted by Crippen LogP contribution is -2.11. The van der Waals surface area contributed by atoms with Crippen molar-refractivity contribution in [1.82, 2.24) is 0 Å². The van der Waals surface area contributed by atoms with Gasteiger partial charge in [-0.05, 0) is 35.1 Å². The molecule has 0 bridgehead atoms. The number of nitrogens with two attached hydrogens (primary N) is 2. The van der Waals surface area contributed by atoms with E-state index < -0.39 is 0 Å². The quantitative estimate of drug-likeness (QED) is 0.854. The smallest absolute Gasteiger partial charge is 0.0648 e. The molecule has 0 amide bonds. The van der Waals surface area contributed by atoms with Crippen LogP contribution in [0.4, 0.5) is 0 Å². The van der Waals surface area contributed by atoms with E-state index in [1.54, 1.807) is 11.3 Å². The van der Waals surface area contributed by atoms with E-state index in [2.05, 4.69) is 30.5 Å². The average molecular weight is 232 g/mol. The number of benzene rings is 1. The monoisotopic (exact) mass is 232 g/mol. The SMILES string of the molecule is Cc1ccsc1C(N)c1ccc(CN)cc1. The zero-order chi connectivity index (χ0) is 11.5. The van der Waals surface area contributed by atoms with Crippen molar-refractivity contribution in [1.29, 1.82) is 0 Å². The molecule has 2 nitrogen and oxygen atoms in total. The standard InChI is InChI=1S/C13H16N2S/c1-9-6-7-16-13(9)12(15)11-4-2-10(8-14)3-5-11/h2-7,12H,8,14-15H2,1H3. The second-order valence-electron chi connectivity index (χ2n) is 3.89. The largest absolute Gasteiger partial charge is 0.326 e. The summed E-state index contributed by atoms with van der Waals surface area (Å²) >= 11 is 1.71. The summed E-state index contributed by atoms with van der Waals surface area (Å²) < 4.78 is 0. The van der Waals surface area contributed by atoms with E-state index in [0.29, 0.717) is 6.54 Å². The van der Waals surface area contributed by atoms with E-state index >= 15 is 0 Å². The van der Waals surface area contributed by atoms with Crippen LogP contribution in [-0.2, 0) is 6.54 Å². The third kappa shape index (κ3) is 2.16. The van der Waals surface area contributed by atoms with E-state index in [9.17, 15) is 0 Å². The molecule has 3 heteroatoms. The summed E-state index contributed by atoms with van der Waals surface area (Å²) in [5.74, 6) is 0. The third-order valence-corrected chi connectivity index (χ3v) is 3.86. The molecule has 0 aliphatic heterocycles. The predicted molar refractivity (Wildman–Crippen MR) is 69.4 cm³/mol. The lowest BCUT2D eigenvalue weighted by molar-refractivity contribution is 0.882. The third-order valence-electron chi connectivity index (χ3n) is 2.76. The summed E-state index contributed by atoms with van der Waals surface area (Å²) in [6.07, 6.45) is 0. The van der Waals surface area contributed by atoms with Crippen LogP contribution in [0.2, 0.25) is 0 Å². The number of thiophene rings is 1. The summed E-state index contributed by atoms with van der Waals surface area (Å²) in [5.41, 5.74) is 15.3. The molecule has 0 radical (unpaired) electrons. The maximum atomic E-state index is 6.23. The van der Waals surface area contributed by atoms with Crippen LogP contribution in [0.3, 0.4) is 0 Å². The molecule has 2 rings (SSSR count). The van der Waals surface area contributed by atoms with Crippen LogP contribution in [0.25, 0.3) is 0 Å². The summed E-state index contributed by atoms with van der Waals surface area (Å²) in [7, 11) is 0. The maximum absolute atomic E-state index is 6.23. The van der Waals surface area contributed by atoms with E-state index in [-0.39, 0.29) is 6.04 Å². The summed E-state index contributed by atoms with van der Waals surface area (Å²) in [6, 6.07) is 10.3. The van der Waals surface area contributed by atoms with Crippen molar-refractivity contribution in [3.8, 4) is 0 Å². The molecule has 84 valence electrons. The number of hydrogen-bond acceptors (Lipinski definition) is 3. The molecular weight excluding hydrogens is 216 g/mol. The lowest BCUT2D eigenvalue weighted by atomic mass is 10.0. The van der Waals surface area contributed by atoms with E-state index in [1.807, 2.05) is 12.1 Å². The molecule has 0 aliphatic rings. The first-order chi connectivity index (χ1) is 7.72. The maximum Gasteiger partial charge on any atom is 0.0648 e. The fourth-order valence-electron chi connectivity index (χ4n) is 1.72. The second-order valence-corrected chi connectivity index (χ2v) is 4.84. The predicted octanol–water partition coefficient (Wildman–Crippen LogP) is 2.56. The van der Waals surface area contributed by atoms with Crippen LogP contribution in [0.15, 0.2) is 35.7 Å². The van der Waals surface area contributed by atoms with Gasteiger partial charge in [0.2, 0.25) is 0 Å². The highest BCUT2D eigenvalue weighted by Gasteiger charge is 2.12. The van der Waals surface area contributed by atoms with Crippen molar-refractivity contribution in [3.05, 3.63) is 57.3 Å².